The molecule has 2 heteroatoms. The maximum absolute atomic E-state index is 4.51. The Morgan fingerprint density at radius 1 is 1.22 bits per heavy atom. The topological polar surface area (TPSA) is 24.7 Å². The predicted molar refractivity (Wildman–Crippen MR) is 83.8 cm³/mol. The number of hydrogen-bond acceptors (Lipinski definition) is 1. The van der Waals surface area contributed by atoms with Crippen molar-refractivity contribution < 1.29 is 0 Å². The van der Waals surface area contributed by atoms with Crippen LogP contribution in [0.1, 0.15) is 66.2 Å². The van der Waals surface area contributed by atoms with Crippen LogP contribution in [0.25, 0.3) is 0 Å². The maximum Gasteiger partial charge on any atom is 0.149 e. The van der Waals surface area contributed by atoms with Crippen molar-refractivity contribution in [3.63, 3.8) is 0 Å². The molecule has 0 radical (unpaired) electrons. The standard InChI is InChI=1S/C16H30N2/c1-6-9-13-18-16(17-5)15(10-7-2)12-11-14(4)8-3/h10,13-14H,6-9,11-12H2,1-5H3/b15-10+,17-16-,18-13-. The van der Waals surface area contributed by atoms with Crippen molar-refractivity contribution in [1.82, 2.24) is 0 Å². The van der Waals surface area contributed by atoms with Crippen molar-refractivity contribution in [3.8, 4) is 0 Å². The minimum absolute atomic E-state index is 0.781. The Bertz CT molecular complexity index is 287. The molecule has 0 aliphatic heterocycles. The van der Waals surface area contributed by atoms with Gasteiger partial charge in [0.15, 0.2) is 0 Å². The molecule has 0 N–H and O–H groups in total. The first-order chi connectivity index (χ1) is 8.69. The van der Waals surface area contributed by atoms with Gasteiger partial charge in [0.1, 0.15) is 5.84 Å². The lowest BCUT2D eigenvalue weighted by Crippen LogP contribution is -2.03. The van der Waals surface area contributed by atoms with E-state index in [4.69, 9.17) is 0 Å². The summed E-state index contributed by atoms with van der Waals surface area (Å²) in [6.07, 6.45) is 11.1. The molecule has 0 bridgehead atoms. The summed E-state index contributed by atoms with van der Waals surface area (Å²) in [6.45, 7) is 8.90. The fourth-order valence-corrected chi connectivity index (χ4v) is 1.72. The summed E-state index contributed by atoms with van der Waals surface area (Å²) in [6, 6.07) is 0. The first-order valence-corrected chi connectivity index (χ1v) is 7.38. The molecule has 0 aromatic carbocycles. The Kier molecular flexibility index (Phi) is 10.6. The molecule has 0 saturated carbocycles. The fraction of sp³-hybridized carbons (Fsp3) is 0.750. The van der Waals surface area contributed by atoms with Gasteiger partial charge in [-0.15, -0.1) is 0 Å². The molecule has 0 amide bonds. The van der Waals surface area contributed by atoms with Crippen LogP contribution < -0.4 is 0 Å². The van der Waals surface area contributed by atoms with E-state index in [0.717, 1.165) is 37.4 Å². The largest absolute Gasteiger partial charge is 0.270 e. The first kappa shape index (κ1) is 17.1. The monoisotopic (exact) mass is 250 g/mol. The molecular formula is C16H30N2. The first-order valence-electron chi connectivity index (χ1n) is 7.38. The van der Waals surface area contributed by atoms with Gasteiger partial charge in [0.05, 0.1) is 0 Å². The van der Waals surface area contributed by atoms with Crippen LogP contribution >= 0.6 is 0 Å². The summed E-state index contributed by atoms with van der Waals surface area (Å²) in [5, 5.41) is 0. The van der Waals surface area contributed by atoms with E-state index in [1.54, 1.807) is 0 Å². The molecule has 0 spiro atoms. The van der Waals surface area contributed by atoms with Gasteiger partial charge in [0.25, 0.3) is 0 Å². The van der Waals surface area contributed by atoms with Gasteiger partial charge in [-0.1, -0.05) is 46.6 Å². The second-order valence-corrected chi connectivity index (χ2v) is 4.84. The summed E-state index contributed by atoms with van der Waals surface area (Å²) < 4.78 is 0. The van der Waals surface area contributed by atoms with Crippen LogP contribution in [0.3, 0.4) is 0 Å². The smallest absolute Gasteiger partial charge is 0.149 e. The SMILES string of the molecule is CC/C=C(CCC(C)CC)/C(/N=C\CCC)=N/C. The Labute approximate surface area is 113 Å². The molecule has 0 heterocycles. The molecule has 104 valence electrons. The highest BCUT2D eigenvalue weighted by atomic mass is 14.9. The van der Waals surface area contributed by atoms with Crippen LogP contribution in [0.15, 0.2) is 21.6 Å². The third kappa shape index (κ3) is 7.41. The molecule has 0 rings (SSSR count). The van der Waals surface area contributed by atoms with Gasteiger partial charge < -0.3 is 0 Å². The van der Waals surface area contributed by atoms with Gasteiger partial charge in [-0.05, 0) is 37.2 Å². The van der Waals surface area contributed by atoms with E-state index in [2.05, 4.69) is 43.8 Å². The Balaban J connectivity index is 4.60. The van der Waals surface area contributed by atoms with Gasteiger partial charge in [0, 0.05) is 13.3 Å². The van der Waals surface area contributed by atoms with Crippen LogP contribution in [0.5, 0.6) is 0 Å². The van der Waals surface area contributed by atoms with E-state index >= 15 is 0 Å². The van der Waals surface area contributed by atoms with Crippen LogP contribution in [0, 0.1) is 5.92 Å². The van der Waals surface area contributed by atoms with Crippen molar-refractivity contribution >= 4 is 12.1 Å². The van der Waals surface area contributed by atoms with Crippen molar-refractivity contribution in [3.05, 3.63) is 11.6 Å². The van der Waals surface area contributed by atoms with Gasteiger partial charge in [-0.25, -0.2) is 4.99 Å². The highest BCUT2D eigenvalue weighted by Crippen LogP contribution is 2.17. The predicted octanol–water partition coefficient (Wildman–Crippen LogP) is 5.05. The quantitative estimate of drug-likeness (QED) is 0.425. The molecule has 0 aliphatic rings. The lowest BCUT2D eigenvalue weighted by molar-refractivity contribution is 0.518. The van der Waals surface area contributed by atoms with Crippen molar-refractivity contribution in [2.75, 3.05) is 7.05 Å². The second kappa shape index (κ2) is 11.2. The van der Waals surface area contributed by atoms with E-state index in [0.29, 0.717) is 0 Å². The van der Waals surface area contributed by atoms with Crippen LogP contribution in [-0.2, 0) is 0 Å². The van der Waals surface area contributed by atoms with E-state index in [-0.39, 0.29) is 0 Å². The molecule has 2 nitrogen and oxygen atoms in total. The lowest BCUT2D eigenvalue weighted by Gasteiger charge is -2.11. The molecule has 0 aromatic heterocycles. The van der Waals surface area contributed by atoms with Gasteiger partial charge in [0.2, 0.25) is 0 Å². The summed E-state index contributed by atoms with van der Waals surface area (Å²) in [5.41, 5.74) is 1.31. The average Bonchev–Trinajstić information content (AvgIpc) is 2.39. The number of unbranched alkanes of at least 4 members (excludes halogenated alkanes) is 1. The zero-order valence-electron chi connectivity index (χ0n) is 12.9. The minimum Gasteiger partial charge on any atom is -0.270 e. The number of aliphatic imine (C=N–C) groups is 2. The van der Waals surface area contributed by atoms with Crippen molar-refractivity contribution in [2.45, 2.75) is 66.2 Å². The summed E-state index contributed by atoms with van der Waals surface area (Å²) >= 11 is 0. The number of nitrogens with zero attached hydrogens (tertiary/aromatic N) is 2. The zero-order valence-corrected chi connectivity index (χ0v) is 12.9. The summed E-state index contributed by atoms with van der Waals surface area (Å²) in [5.74, 6) is 1.71. The molecule has 1 atom stereocenters. The normalized spacial score (nSPS) is 15.4. The Morgan fingerprint density at radius 2 is 1.94 bits per heavy atom. The van der Waals surface area contributed by atoms with Crippen molar-refractivity contribution in [2.24, 2.45) is 15.9 Å². The van der Waals surface area contributed by atoms with E-state index in [1.165, 1.54) is 18.4 Å². The highest BCUT2D eigenvalue weighted by molar-refractivity contribution is 6.02. The minimum atomic E-state index is 0.781. The summed E-state index contributed by atoms with van der Waals surface area (Å²) in [7, 11) is 1.84. The number of rotatable bonds is 8. The van der Waals surface area contributed by atoms with E-state index in [1.807, 2.05) is 13.3 Å². The molecule has 0 fully saturated rings. The van der Waals surface area contributed by atoms with Gasteiger partial charge >= 0.3 is 0 Å². The summed E-state index contributed by atoms with van der Waals surface area (Å²) in [4.78, 5) is 8.84. The zero-order chi connectivity index (χ0) is 13.8. The molecule has 1 unspecified atom stereocenters. The van der Waals surface area contributed by atoms with Crippen LogP contribution in [0.4, 0.5) is 0 Å². The average molecular weight is 250 g/mol. The molecule has 0 saturated heterocycles. The number of amidine groups is 1. The maximum atomic E-state index is 4.51. The molecule has 0 aliphatic carbocycles. The van der Waals surface area contributed by atoms with E-state index in [9.17, 15) is 0 Å². The highest BCUT2D eigenvalue weighted by Gasteiger charge is 2.07. The van der Waals surface area contributed by atoms with Gasteiger partial charge in [-0.2, -0.15) is 0 Å². The second-order valence-electron chi connectivity index (χ2n) is 4.84. The molecular weight excluding hydrogens is 220 g/mol. The molecule has 0 aromatic rings. The van der Waals surface area contributed by atoms with Crippen LogP contribution in [0.2, 0.25) is 0 Å². The third-order valence-electron chi connectivity index (χ3n) is 3.18. The molecule has 18 heavy (non-hydrogen) atoms. The van der Waals surface area contributed by atoms with Crippen molar-refractivity contribution in [1.29, 1.82) is 0 Å². The van der Waals surface area contributed by atoms with Gasteiger partial charge in [-0.3, -0.25) is 4.99 Å². The number of allylic oxidation sites excluding steroid dienone is 1. The Hall–Kier alpha value is -0.920. The van der Waals surface area contributed by atoms with E-state index < -0.39 is 0 Å². The van der Waals surface area contributed by atoms with Crippen LogP contribution in [-0.4, -0.2) is 19.1 Å². The Morgan fingerprint density at radius 3 is 2.44 bits per heavy atom. The lowest BCUT2D eigenvalue weighted by atomic mass is 9.98. The number of hydrogen-bond donors (Lipinski definition) is 0. The third-order valence-corrected chi connectivity index (χ3v) is 3.18. The fourth-order valence-electron chi connectivity index (χ4n) is 1.72.